The molecule has 3 nitrogen and oxygen atoms in total. The first kappa shape index (κ1) is 15.0. The van der Waals surface area contributed by atoms with E-state index in [0.717, 1.165) is 29.4 Å². The Morgan fingerprint density at radius 2 is 2.10 bits per heavy atom. The lowest BCUT2D eigenvalue weighted by Crippen LogP contribution is -2.21. The minimum atomic E-state index is 0.479. The second-order valence-corrected chi connectivity index (χ2v) is 5.96. The molecule has 2 aromatic rings. The third-order valence-electron chi connectivity index (χ3n) is 3.00. The molecule has 1 N–H and O–H groups in total. The van der Waals surface area contributed by atoms with Gasteiger partial charge >= 0.3 is 0 Å². The van der Waals surface area contributed by atoms with Crippen molar-refractivity contribution in [3.8, 4) is 5.75 Å². The summed E-state index contributed by atoms with van der Waals surface area (Å²) in [5.41, 5.74) is 2.33. The second-order valence-electron chi connectivity index (χ2n) is 5.02. The first-order valence-electron chi connectivity index (χ1n) is 7.06. The first-order valence-corrected chi connectivity index (χ1v) is 7.94. The fourth-order valence-electron chi connectivity index (χ4n) is 1.88. The molecule has 0 saturated carbocycles. The van der Waals surface area contributed by atoms with Crippen molar-refractivity contribution in [2.24, 2.45) is 0 Å². The van der Waals surface area contributed by atoms with E-state index in [1.807, 2.05) is 18.2 Å². The number of aromatic nitrogens is 1. The first-order chi connectivity index (χ1) is 9.69. The summed E-state index contributed by atoms with van der Waals surface area (Å²) in [6.07, 6.45) is 0.984. The summed E-state index contributed by atoms with van der Waals surface area (Å²) in [5, 5.41) is 6.49. The van der Waals surface area contributed by atoms with Crippen molar-refractivity contribution in [2.45, 2.75) is 46.4 Å². The largest absolute Gasteiger partial charge is 0.486 e. The number of aryl methyl sites for hydroxylation is 1. The summed E-state index contributed by atoms with van der Waals surface area (Å²) in [6.45, 7) is 7.78. The highest BCUT2D eigenvalue weighted by Crippen LogP contribution is 2.20. The molecule has 0 aliphatic heterocycles. The maximum absolute atomic E-state index is 5.88. The number of nitrogens with one attached hydrogen (secondary N) is 1. The van der Waals surface area contributed by atoms with E-state index in [1.54, 1.807) is 11.3 Å². The van der Waals surface area contributed by atoms with Crippen LogP contribution in [-0.2, 0) is 19.6 Å². The Morgan fingerprint density at radius 1 is 1.30 bits per heavy atom. The minimum absolute atomic E-state index is 0.479. The predicted octanol–water partition coefficient (Wildman–Crippen LogP) is 3.78. The second kappa shape index (κ2) is 7.41. The number of hydrogen-bond acceptors (Lipinski definition) is 4. The van der Waals surface area contributed by atoms with Crippen LogP contribution in [0.4, 0.5) is 0 Å². The summed E-state index contributed by atoms with van der Waals surface area (Å²) >= 11 is 1.66. The SMILES string of the molecule is CCc1ccccc1OCc1nc(CNC(C)C)cs1. The van der Waals surface area contributed by atoms with Crippen LogP contribution in [0.3, 0.4) is 0 Å². The molecule has 0 spiro atoms. The van der Waals surface area contributed by atoms with E-state index in [4.69, 9.17) is 4.74 Å². The van der Waals surface area contributed by atoms with Crippen LogP contribution >= 0.6 is 11.3 Å². The normalized spacial score (nSPS) is 11.0. The number of benzene rings is 1. The lowest BCUT2D eigenvalue weighted by Gasteiger charge is -2.08. The molecule has 0 saturated heterocycles. The van der Waals surface area contributed by atoms with Gasteiger partial charge in [0.2, 0.25) is 0 Å². The number of nitrogens with zero attached hydrogens (tertiary/aromatic N) is 1. The van der Waals surface area contributed by atoms with Gasteiger partial charge in [0.15, 0.2) is 0 Å². The molecule has 0 aliphatic carbocycles. The van der Waals surface area contributed by atoms with Crippen LogP contribution in [0.15, 0.2) is 29.6 Å². The van der Waals surface area contributed by atoms with Crippen molar-refractivity contribution in [3.05, 3.63) is 45.9 Å². The van der Waals surface area contributed by atoms with Gasteiger partial charge in [0.25, 0.3) is 0 Å². The van der Waals surface area contributed by atoms with E-state index in [1.165, 1.54) is 5.56 Å². The Bertz CT molecular complexity index is 537. The van der Waals surface area contributed by atoms with E-state index < -0.39 is 0 Å². The summed E-state index contributed by atoms with van der Waals surface area (Å²) in [5.74, 6) is 0.965. The lowest BCUT2D eigenvalue weighted by atomic mass is 10.1. The molecule has 4 heteroatoms. The average molecular weight is 290 g/mol. The van der Waals surface area contributed by atoms with Gasteiger partial charge in [-0.3, -0.25) is 0 Å². The van der Waals surface area contributed by atoms with E-state index >= 15 is 0 Å². The average Bonchev–Trinajstić information content (AvgIpc) is 2.91. The van der Waals surface area contributed by atoms with Crippen molar-refractivity contribution >= 4 is 11.3 Å². The molecule has 0 atom stereocenters. The summed E-state index contributed by atoms with van der Waals surface area (Å²) in [7, 11) is 0. The summed E-state index contributed by atoms with van der Waals surface area (Å²) < 4.78 is 5.88. The van der Waals surface area contributed by atoms with Crippen LogP contribution in [0.2, 0.25) is 0 Å². The zero-order valence-corrected chi connectivity index (χ0v) is 13.2. The Kier molecular flexibility index (Phi) is 5.56. The van der Waals surface area contributed by atoms with Crippen molar-refractivity contribution in [2.75, 3.05) is 0 Å². The molecule has 1 aromatic carbocycles. The number of rotatable bonds is 7. The Hall–Kier alpha value is -1.39. The third-order valence-corrected chi connectivity index (χ3v) is 3.87. The molecule has 1 heterocycles. The number of para-hydroxylation sites is 1. The molecular formula is C16H22N2OS. The highest BCUT2D eigenvalue weighted by Gasteiger charge is 2.05. The van der Waals surface area contributed by atoms with Gasteiger partial charge in [-0.05, 0) is 18.1 Å². The zero-order chi connectivity index (χ0) is 14.4. The summed E-state index contributed by atoms with van der Waals surface area (Å²) in [4.78, 5) is 4.58. The van der Waals surface area contributed by atoms with E-state index in [2.05, 4.69) is 42.5 Å². The molecule has 0 aliphatic rings. The van der Waals surface area contributed by atoms with E-state index in [0.29, 0.717) is 12.6 Å². The fourth-order valence-corrected chi connectivity index (χ4v) is 2.59. The van der Waals surface area contributed by atoms with Crippen LogP contribution in [0.1, 0.15) is 37.0 Å². The van der Waals surface area contributed by atoms with Crippen LogP contribution in [-0.4, -0.2) is 11.0 Å². The van der Waals surface area contributed by atoms with Gasteiger partial charge in [0.1, 0.15) is 17.4 Å². The van der Waals surface area contributed by atoms with E-state index in [-0.39, 0.29) is 0 Å². The van der Waals surface area contributed by atoms with Gasteiger partial charge in [-0.1, -0.05) is 39.0 Å². The Labute approximate surface area is 125 Å². The molecule has 0 amide bonds. The number of hydrogen-bond donors (Lipinski definition) is 1. The molecule has 0 unspecified atom stereocenters. The third kappa shape index (κ3) is 4.32. The molecule has 108 valence electrons. The quantitative estimate of drug-likeness (QED) is 0.842. The molecule has 0 fully saturated rings. The van der Waals surface area contributed by atoms with Gasteiger partial charge < -0.3 is 10.1 Å². The van der Waals surface area contributed by atoms with Gasteiger partial charge in [0, 0.05) is 18.0 Å². The van der Waals surface area contributed by atoms with Crippen LogP contribution < -0.4 is 10.1 Å². The van der Waals surface area contributed by atoms with Gasteiger partial charge in [-0.15, -0.1) is 11.3 Å². The molecular weight excluding hydrogens is 268 g/mol. The molecule has 0 bridgehead atoms. The molecule has 20 heavy (non-hydrogen) atoms. The molecule has 0 radical (unpaired) electrons. The Morgan fingerprint density at radius 3 is 2.85 bits per heavy atom. The van der Waals surface area contributed by atoms with Crippen LogP contribution in [0.25, 0.3) is 0 Å². The van der Waals surface area contributed by atoms with Crippen LogP contribution in [0, 0.1) is 0 Å². The van der Waals surface area contributed by atoms with Gasteiger partial charge in [-0.2, -0.15) is 0 Å². The highest BCUT2D eigenvalue weighted by molar-refractivity contribution is 7.09. The highest BCUT2D eigenvalue weighted by atomic mass is 32.1. The molecule has 2 rings (SSSR count). The van der Waals surface area contributed by atoms with Crippen LogP contribution in [0.5, 0.6) is 5.75 Å². The topological polar surface area (TPSA) is 34.1 Å². The predicted molar refractivity (Wildman–Crippen MR) is 84.2 cm³/mol. The number of thiazole rings is 1. The lowest BCUT2D eigenvalue weighted by molar-refractivity contribution is 0.302. The zero-order valence-electron chi connectivity index (χ0n) is 12.3. The van der Waals surface area contributed by atoms with Crippen molar-refractivity contribution in [1.29, 1.82) is 0 Å². The van der Waals surface area contributed by atoms with Crippen molar-refractivity contribution in [1.82, 2.24) is 10.3 Å². The fraction of sp³-hybridized carbons (Fsp3) is 0.438. The minimum Gasteiger partial charge on any atom is -0.486 e. The number of ether oxygens (including phenoxy) is 1. The molecule has 1 aromatic heterocycles. The van der Waals surface area contributed by atoms with E-state index in [9.17, 15) is 0 Å². The van der Waals surface area contributed by atoms with Gasteiger partial charge in [-0.25, -0.2) is 4.98 Å². The standard InChI is InChI=1S/C16H22N2OS/c1-4-13-7-5-6-8-15(13)19-10-16-18-14(11-20-16)9-17-12(2)3/h5-8,11-12,17H,4,9-10H2,1-3H3. The Balaban J connectivity index is 1.91. The maximum atomic E-state index is 5.88. The smallest absolute Gasteiger partial charge is 0.140 e. The maximum Gasteiger partial charge on any atom is 0.140 e. The van der Waals surface area contributed by atoms with Gasteiger partial charge in [0.05, 0.1) is 5.69 Å². The summed E-state index contributed by atoms with van der Waals surface area (Å²) in [6, 6.07) is 8.66. The monoisotopic (exact) mass is 290 g/mol. The van der Waals surface area contributed by atoms with Crippen molar-refractivity contribution in [3.63, 3.8) is 0 Å². The van der Waals surface area contributed by atoms with Crippen molar-refractivity contribution < 1.29 is 4.74 Å².